The number of aromatic nitrogens is 6. The van der Waals surface area contributed by atoms with Crippen LogP contribution in [0.4, 0.5) is 11.9 Å². The van der Waals surface area contributed by atoms with Gasteiger partial charge in [-0.1, -0.05) is 46.7 Å². The Morgan fingerprint density at radius 3 is 1.61 bits per heavy atom. The summed E-state index contributed by atoms with van der Waals surface area (Å²) < 4.78 is 27.6. The van der Waals surface area contributed by atoms with E-state index in [0.717, 1.165) is 28.4 Å². The van der Waals surface area contributed by atoms with Crippen molar-refractivity contribution in [2.45, 2.75) is 26.7 Å². The summed E-state index contributed by atoms with van der Waals surface area (Å²) in [7, 11) is 1.64. The first-order valence-corrected chi connectivity index (χ1v) is 15.1. The molecule has 8 rings (SSSR count). The molecule has 14 heteroatoms. The van der Waals surface area contributed by atoms with Gasteiger partial charge in [0.25, 0.3) is 0 Å². The lowest BCUT2D eigenvalue weighted by atomic mass is 10.1. The molecule has 2 aromatic carbocycles. The lowest BCUT2D eigenvalue weighted by molar-refractivity contribution is 0.409. The molecule has 246 valence electrons. The third kappa shape index (κ3) is 6.22. The Hall–Kier alpha value is -6.70. The fraction of sp³-hybridized carbons (Fsp3) is 0.143. The highest BCUT2D eigenvalue weighted by atomic mass is 16.5. The molecule has 6 aromatic heterocycles. The molecule has 0 saturated heterocycles. The second-order valence-corrected chi connectivity index (χ2v) is 11.1. The average molecular weight is 659 g/mol. The van der Waals surface area contributed by atoms with Gasteiger partial charge in [0.2, 0.25) is 23.1 Å². The summed E-state index contributed by atoms with van der Waals surface area (Å²) in [6.07, 6.45) is 0.872. The molecule has 0 fully saturated rings. The molecule has 0 aliphatic heterocycles. The van der Waals surface area contributed by atoms with Crippen molar-refractivity contribution < 1.29 is 27.7 Å². The number of anilines is 2. The molecule has 0 bridgehead atoms. The molecule has 0 spiro atoms. The zero-order chi connectivity index (χ0) is 34.1. The van der Waals surface area contributed by atoms with Crippen molar-refractivity contribution in [2.24, 2.45) is 0 Å². The SMILES string of the molecule is COc1ccccc1Cc1noc2c(-c3ccc(C)o3)nc(N)nc12.Cc1ccc(-c2nc(N)nc3c(Cc4ccccc4O)noc23)o1. The largest absolute Gasteiger partial charge is 0.508 e. The van der Waals surface area contributed by atoms with Gasteiger partial charge in [-0.05, 0) is 50.2 Å². The van der Waals surface area contributed by atoms with Crippen LogP contribution in [-0.4, -0.2) is 42.5 Å². The highest BCUT2D eigenvalue weighted by molar-refractivity contribution is 5.89. The topological polar surface area (TPSA) is 211 Å². The van der Waals surface area contributed by atoms with Gasteiger partial charge in [0.05, 0.1) is 7.11 Å². The summed E-state index contributed by atoms with van der Waals surface area (Å²) in [5.41, 5.74) is 17.6. The molecule has 0 atom stereocenters. The van der Waals surface area contributed by atoms with Crippen LogP contribution in [0.25, 0.3) is 45.1 Å². The summed E-state index contributed by atoms with van der Waals surface area (Å²) in [6.45, 7) is 3.70. The Labute approximate surface area is 278 Å². The quantitative estimate of drug-likeness (QED) is 0.168. The molecular formula is C35H30N8O6. The number of phenols is 1. The molecule has 0 saturated carbocycles. The lowest BCUT2D eigenvalue weighted by Gasteiger charge is -2.06. The summed E-state index contributed by atoms with van der Waals surface area (Å²) >= 11 is 0. The molecule has 14 nitrogen and oxygen atoms in total. The van der Waals surface area contributed by atoms with Gasteiger partial charge in [-0.25, -0.2) is 19.9 Å². The number of furan rings is 2. The Kier molecular flexibility index (Phi) is 8.10. The number of nitrogen functional groups attached to an aromatic ring is 2. The van der Waals surface area contributed by atoms with E-state index >= 15 is 0 Å². The van der Waals surface area contributed by atoms with Crippen molar-refractivity contribution in [2.75, 3.05) is 18.6 Å². The van der Waals surface area contributed by atoms with Crippen LogP contribution >= 0.6 is 0 Å². The van der Waals surface area contributed by atoms with Crippen molar-refractivity contribution in [3.63, 3.8) is 0 Å². The van der Waals surface area contributed by atoms with Crippen molar-refractivity contribution in [3.05, 3.63) is 107 Å². The molecule has 0 aliphatic carbocycles. The number of nitrogens with two attached hydrogens (primary N) is 2. The summed E-state index contributed by atoms with van der Waals surface area (Å²) in [5.74, 6) is 3.85. The van der Waals surface area contributed by atoms with E-state index in [9.17, 15) is 5.11 Å². The lowest BCUT2D eigenvalue weighted by Crippen LogP contribution is -1.99. The Morgan fingerprint density at radius 2 is 1.12 bits per heavy atom. The maximum absolute atomic E-state index is 9.94. The van der Waals surface area contributed by atoms with Crippen molar-refractivity contribution in [1.29, 1.82) is 0 Å². The highest BCUT2D eigenvalue weighted by Crippen LogP contribution is 2.33. The van der Waals surface area contributed by atoms with Gasteiger partial charge in [-0.15, -0.1) is 0 Å². The van der Waals surface area contributed by atoms with E-state index in [2.05, 4.69) is 30.2 Å². The van der Waals surface area contributed by atoms with E-state index in [1.165, 1.54) is 0 Å². The number of hydrogen-bond acceptors (Lipinski definition) is 14. The number of aryl methyl sites for hydroxylation is 2. The van der Waals surface area contributed by atoms with Gasteiger partial charge in [-0.2, -0.15) is 0 Å². The monoisotopic (exact) mass is 658 g/mol. The van der Waals surface area contributed by atoms with Crippen molar-refractivity contribution >= 4 is 34.1 Å². The van der Waals surface area contributed by atoms with Crippen LogP contribution in [0.15, 0.2) is 90.7 Å². The van der Waals surface area contributed by atoms with Gasteiger partial charge >= 0.3 is 0 Å². The number of hydrogen-bond donors (Lipinski definition) is 3. The molecule has 8 aromatic rings. The summed E-state index contributed by atoms with van der Waals surface area (Å²) in [4.78, 5) is 17.0. The second-order valence-electron chi connectivity index (χ2n) is 11.1. The minimum atomic E-state index is 0.105. The third-order valence-electron chi connectivity index (χ3n) is 7.65. The number of methoxy groups -OCH3 is 1. The summed E-state index contributed by atoms with van der Waals surface area (Å²) in [6, 6.07) is 22.1. The zero-order valence-electron chi connectivity index (χ0n) is 26.7. The predicted molar refractivity (Wildman–Crippen MR) is 180 cm³/mol. The Bertz CT molecular complexity index is 2420. The zero-order valence-corrected chi connectivity index (χ0v) is 26.7. The second kappa shape index (κ2) is 12.8. The van der Waals surface area contributed by atoms with E-state index in [4.69, 9.17) is 34.1 Å². The van der Waals surface area contributed by atoms with Crippen LogP contribution in [0.5, 0.6) is 11.5 Å². The van der Waals surface area contributed by atoms with Crippen molar-refractivity contribution in [1.82, 2.24) is 30.2 Å². The molecule has 0 aliphatic rings. The third-order valence-corrected chi connectivity index (χ3v) is 7.65. The molecular weight excluding hydrogens is 628 g/mol. The number of nitrogens with zero attached hydrogens (tertiary/aromatic N) is 6. The van der Waals surface area contributed by atoms with E-state index in [-0.39, 0.29) is 17.6 Å². The van der Waals surface area contributed by atoms with Gasteiger partial charge in [0, 0.05) is 24.0 Å². The minimum absolute atomic E-state index is 0.105. The normalized spacial score (nSPS) is 11.2. The highest BCUT2D eigenvalue weighted by Gasteiger charge is 2.22. The average Bonchev–Trinajstić information content (AvgIpc) is 3.90. The van der Waals surface area contributed by atoms with Crippen molar-refractivity contribution in [3.8, 4) is 34.4 Å². The first-order chi connectivity index (χ1) is 23.8. The number of benzene rings is 2. The molecule has 5 N–H and O–H groups in total. The molecule has 0 radical (unpaired) electrons. The smallest absolute Gasteiger partial charge is 0.221 e. The van der Waals surface area contributed by atoms with Gasteiger partial charge in [-0.3, -0.25) is 0 Å². The maximum Gasteiger partial charge on any atom is 0.221 e. The van der Waals surface area contributed by atoms with Gasteiger partial charge < -0.3 is 39.2 Å². The number of fused-ring (bicyclic) bond motifs is 2. The number of phenolic OH excluding ortho intramolecular Hbond substituents is 1. The van der Waals surface area contributed by atoms with E-state index in [1.54, 1.807) is 25.3 Å². The number of aromatic hydroxyl groups is 1. The fourth-order valence-electron chi connectivity index (χ4n) is 5.35. The van der Waals surface area contributed by atoms with Gasteiger partial charge in [0.1, 0.15) is 45.4 Å². The standard InChI is InChI=1S/C18H16N4O3.C17H14N4O3/c1-10-7-8-14(24-10)16-17-15(20-18(19)21-16)12(22-25-17)9-11-5-3-4-6-13(11)23-2;1-9-6-7-13(23-9)15-16-14(19-17(18)20-15)11(21-24-16)8-10-4-2-3-5-12(10)22/h3-8H,9H2,1-2H3,(H2,19,20,21);2-7,22H,8H2,1H3,(H2,18,19,20). The first-order valence-electron chi connectivity index (χ1n) is 15.1. The van der Waals surface area contributed by atoms with Crippen LogP contribution in [0.2, 0.25) is 0 Å². The number of rotatable bonds is 7. The van der Waals surface area contributed by atoms with Crippen LogP contribution in [0, 0.1) is 13.8 Å². The molecule has 49 heavy (non-hydrogen) atoms. The molecule has 6 heterocycles. The number of ether oxygens (including phenoxy) is 1. The molecule has 0 unspecified atom stereocenters. The Balaban J connectivity index is 0.000000154. The number of para-hydroxylation sites is 2. The van der Waals surface area contributed by atoms with E-state index in [0.29, 0.717) is 69.3 Å². The van der Waals surface area contributed by atoms with Gasteiger partial charge in [0.15, 0.2) is 22.9 Å². The first kappa shape index (κ1) is 30.9. The molecule has 0 amide bonds. The van der Waals surface area contributed by atoms with Crippen LogP contribution < -0.4 is 16.2 Å². The summed E-state index contributed by atoms with van der Waals surface area (Å²) in [5, 5.41) is 18.2. The van der Waals surface area contributed by atoms with Crippen LogP contribution in [-0.2, 0) is 12.8 Å². The maximum atomic E-state index is 9.94. The van der Waals surface area contributed by atoms with E-state index < -0.39 is 0 Å². The van der Waals surface area contributed by atoms with Crippen LogP contribution in [0.3, 0.4) is 0 Å². The van der Waals surface area contributed by atoms with E-state index in [1.807, 2.05) is 68.4 Å². The van der Waals surface area contributed by atoms with Crippen LogP contribution in [0.1, 0.15) is 34.0 Å². The predicted octanol–water partition coefficient (Wildman–Crippen LogP) is 6.43. The minimum Gasteiger partial charge on any atom is -0.508 e. The fourth-order valence-corrected chi connectivity index (χ4v) is 5.35. The Morgan fingerprint density at radius 1 is 0.633 bits per heavy atom.